The van der Waals surface area contributed by atoms with E-state index in [1.807, 2.05) is 24.3 Å². The first kappa shape index (κ1) is 22.3. The second-order valence-electron chi connectivity index (χ2n) is 9.49. The molecule has 0 radical (unpaired) electrons. The summed E-state index contributed by atoms with van der Waals surface area (Å²) in [6.07, 6.45) is 7.90. The lowest BCUT2D eigenvalue weighted by molar-refractivity contribution is 0.161. The average Bonchev–Trinajstić information content (AvgIpc) is 3.29. The molecule has 2 amide bonds. The Kier molecular flexibility index (Phi) is 6.66. The van der Waals surface area contributed by atoms with Crippen LogP contribution in [0.2, 0.25) is 0 Å². The van der Waals surface area contributed by atoms with Crippen LogP contribution in [0.5, 0.6) is 0 Å². The van der Waals surface area contributed by atoms with Gasteiger partial charge in [0, 0.05) is 29.9 Å². The third-order valence-electron chi connectivity index (χ3n) is 7.00. The maximum absolute atomic E-state index is 13.7. The van der Waals surface area contributed by atoms with Crippen LogP contribution >= 0.6 is 0 Å². The summed E-state index contributed by atoms with van der Waals surface area (Å²) in [6.45, 7) is 3.55. The molecule has 4 aromatic rings. The van der Waals surface area contributed by atoms with Crippen molar-refractivity contribution in [2.75, 3.05) is 5.32 Å². The lowest BCUT2D eigenvalue weighted by Crippen LogP contribution is -2.43. The maximum Gasteiger partial charge on any atom is 0.322 e. The van der Waals surface area contributed by atoms with Crippen molar-refractivity contribution in [2.45, 2.75) is 58.2 Å². The highest BCUT2D eigenvalue weighted by Crippen LogP contribution is 2.27. The van der Waals surface area contributed by atoms with E-state index in [0.717, 1.165) is 35.8 Å². The van der Waals surface area contributed by atoms with Gasteiger partial charge in [0.05, 0.1) is 12.2 Å². The Morgan fingerprint density at radius 2 is 1.74 bits per heavy atom. The minimum atomic E-state index is -0.00782. The van der Waals surface area contributed by atoms with Crippen LogP contribution in [0.25, 0.3) is 10.8 Å². The molecular weight excluding hydrogens is 418 g/mol. The van der Waals surface area contributed by atoms with Crippen molar-refractivity contribution in [3.8, 4) is 0 Å². The van der Waals surface area contributed by atoms with E-state index < -0.39 is 0 Å². The number of hydrogen-bond donors (Lipinski definition) is 1. The van der Waals surface area contributed by atoms with E-state index in [0.29, 0.717) is 6.54 Å². The van der Waals surface area contributed by atoms with Gasteiger partial charge in [-0.3, -0.25) is 0 Å². The van der Waals surface area contributed by atoms with Crippen molar-refractivity contribution in [3.05, 3.63) is 102 Å². The molecule has 1 saturated carbocycles. The molecule has 0 spiro atoms. The molecule has 0 unspecified atom stereocenters. The Morgan fingerprint density at radius 1 is 0.941 bits per heavy atom. The average molecular weight is 452 g/mol. The van der Waals surface area contributed by atoms with Gasteiger partial charge >= 0.3 is 6.03 Å². The van der Waals surface area contributed by atoms with Crippen LogP contribution in [-0.2, 0) is 13.1 Å². The Morgan fingerprint density at radius 3 is 2.59 bits per heavy atom. The Labute approximate surface area is 202 Å². The normalized spacial score (nSPS) is 14.3. The highest BCUT2D eigenvalue weighted by molar-refractivity contribution is 6.01. The van der Waals surface area contributed by atoms with Gasteiger partial charge in [0.1, 0.15) is 0 Å². The van der Waals surface area contributed by atoms with Gasteiger partial charge in [-0.05, 0) is 48.9 Å². The smallest absolute Gasteiger partial charge is 0.322 e. The molecule has 4 nitrogen and oxygen atoms in total. The molecule has 1 N–H and O–H groups in total. The van der Waals surface area contributed by atoms with Crippen molar-refractivity contribution < 1.29 is 4.79 Å². The molecule has 0 saturated heterocycles. The summed E-state index contributed by atoms with van der Waals surface area (Å²) in [6, 6.07) is 27.4. The number of aromatic nitrogens is 1. The van der Waals surface area contributed by atoms with Crippen molar-refractivity contribution >= 4 is 22.5 Å². The molecule has 1 heterocycles. The van der Waals surface area contributed by atoms with E-state index in [2.05, 4.69) is 82.5 Å². The quantitative estimate of drug-likeness (QED) is 0.327. The Hall–Kier alpha value is -3.53. The monoisotopic (exact) mass is 451 g/mol. The summed E-state index contributed by atoms with van der Waals surface area (Å²) in [7, 11) is 0. The number of benzene rings is 3. The summed E-state index contributed by atoms with van der Waals surface area (Å²) < 4.78 is 2.27. The zero-order valence-corrected chi connectivity index (χ0v) is 19.9. The van der Waals surface area contributed by atoms with Crippen molar-refractivity contribution in [3.63, 3.8) is 0 Å². The van der Waals surface area contributed by atoms with E-state index in [1.54, 1.807) is 0 Å². The van der Waals surface area contributed by atoms with Crippen molar-refractivity contribution in [1.29, 1.82) is 0 Å². The first-order chi connectivity index (χ1) is 16.7. The molecule has 0 aliphatic heterocycles. The van der Waals surface area contributed by atoms with Gasteiger partial charge in [-0.15, -0.1) is 0 Å². The molecule has 4 heteroatoms. The van der Waals surface area contributed by atoms with Crippen LogP contribution in [0.1, 0.15) is 48.9 Å². The van der Waals surface area contributed by atoms with Gasteiger partial charge in [-0.1, -0.05) is 85.5 Å². The van der Waals surface area contributed by atoms with Gasteiger partial charge < -0.3 is 14.8 Å². The highest BCUT2D eigenvalue weighted by Gasteiger charge is 2.27. The second-order valence-corrected chi connectivity index (χ2v) is 9.49. The summed E-state index contributed by atoms with van der Waals surface area (Å²) in [5.41, 5.74) is 4.59. The molecule has 34 heavy (non-hydrogen) atoms. The van der Waals surface area contributed by atoms with Gasteiger partial charge in [0.25, 0.3) is 0 Å². The first-order valence-electron chi connectivity index (χ1n) is 12.4. The van der Waals surface area contributed by atoms with E-state index in [9.17, 15) is 4.79 Å². The molecule has 0 atom stereocenters. The van der Waals surface area contributed by atoms with Crippen LogP contribution < -0.4 is 5.32 Å². The first-order valence-corrected chi connectivity index (χ1v) is 12.4. The number of nitrogens with zero attached hydrogens (tertiary/aromatic N) is 2. The van der Waals surface area contributed by atoms with Crippen LogP contribution in [0.3, 0.4) is 0 Å². The molecule has 3 aromatic carbocycles. The molecule has 1 aliphatic carbocycles. The predicted octanol–water partition coefficient (Wildman–Crippen LogP) is 7.36. The fourth-order valence-corrected chi connectivity index (χ4v) is 5.21. The fourth-order valence-electron chi connectivity index (χ4n) is 5.21. The summed E-state index contributed by atoms with van der Waals surface area (Å²) >= 11 is 0. The standard InChI is InChI=1S/C30H33N3O/c1-23-10-7-11-24(20-23)21-32-19-9-16-27(32)22-33(26-14-3-2-4-15-26)30(34)31-29-18-8-13-25-12-5-6-17-28(25)29/h5-13,16-20,26H,2-4,14-15,21-22H2,1H3,(H,31,34). The fraction of sp³-hybridized carbons (Fsp3) is 0.300. The van der Waals surface area contributed by atoms with Gasteiger partial charge in [-0.25, -0.2) is 4.79 Å². The Bertz CT molecular complexity index is 1260. The zero-order valence-electron chi connectivity index (χ0n) is 19.9. The van der Waals surface area contributed by atoms with Gasteiger partial charge in [-0.2, -0.15) is 0 Å². The summed E-state index contributed by atoms with van der Waals surface area (Å²) in [5.74, 6) is 0. The minimum Gasteiger partial charge on any atom is -0.345 e. The van der Waals surface area contributed by atoms with Crippen LogP contribution in [-0.4, -0.2) is 21.5 Å². The molecule has 1 fully saturated rings. The number of amides is 2. The summed E-state index contributed by atoms with van der Waals surface area (Å²) in [4.78, 5) is 15.8. The number of carbonyl (C=O) groups excluding carboxylic acids is 1. The molecule has 5 rings (SSSR count). The second kappa shape index (κ2) is 10.2. The van der Waals surface area contributed by atoms with E-state index in [1.165, 1.54) is 36.1 Å². The molecule has 174 valence electrons. The largest absolute Gasteiger partial charge is 0.345 e. The van der Waals surface area contributed by atoms with Gasteiger partial charge in [0.15, 0.2) is 0 Å². The van der Waals surface area contributed by atoms with Crippen molar-refractivity contribution in [1.82, 2.24) is 9.47 Å². The number of carbonyl (C=O) groups is 1. The van der Waals surface area contributed by atoms with Crippen molar-refractivity contribution in [2.24, 2.45) is 0 Å². The zero-order chi connectivity index (χ0) is 23.3. The number of fused-ring (bicyclic) bond motifs is 1. The molecule has 1 aromatic heterocycles. The third-order valence-corrected chi connectivity index (χ3v) is 7.00. The Balaban J connectivity index is 1.40. The number of hydrogen-bond acceptors (Lipinski definition) is 1. The van der Waals surface area contributed by atoms with Crippen LogP contribution in [0, 0.1) is 6.92 Å². The lowest BCUT2D eigenvalue weighted by atomic mass is 9.94. The number of nitrogens with one attached hydrogen (secondary N) is 1. The minimum absolute atomic E-state index is 0.00782. The van der Waals surface area contributed by atoms with Gasteiger partial charge in [0.2, 0.25) is 0 Å². The van der Waals surface area contributed by atoms with E-state index in [-0.39, 0.29) is 12.1 Å². The topological polar surface area (TPSA) is 37.3 Å². The molecule has 0 bridgehead atoms. The van der Waals surface area contributed by atoms with E-state index in [4.69, 9.17) is 0 Å². The molecule has 1 aliphatic rings. The SMILES string of the molecule is Cc1cccc(Cn2cccc2CN(C(=O)Nc2cccc3ccccc23)C2CCCCC2)c1. The summed E-state index contributed by atoms with van der Waals surface area (Å²) in [5, 5.41) is 5.46. The number of aryl methyl sites for hydroxylation is 1. The van der Waals surface area contributed by atoms with Crippen LogP contribution in [0.4, 0.5) is 10.5 Å². The highest BCUT2D eigenvalue weighted by atomic mass is 16.2. The van der Waals surface area contributed by atoms with Crippen LogP contribution in [0.15, 0.2) is 85.1 Å². The number of rotatable bonds is 6. The predicted molar refractivity (Wildman–Crippen MR) is 140 cm³/mol. The lowest BCUT2D eigenvalue weighted by Gasteiger charge is -2.34. The third kappa shape index (κ3) is 5.01. The maximum atomic E-state index is 13.7. The molecular formula is C30H33N3O. The van der Waals surface area contributed by atoms with E-state index >= 15 is 0 Å². The number of urea groups is 1. The number of anilines is 1.